The Morgan fingerprint density at radius 3 is 2.25 bits per heavy atom. The van der Waals surface area contributed by atoms with Crippen molar-refractivity contribution in [1.29, 1.82) is 0 Å². The number of anilines is 2. The zero-order valence-corrected chi connectivity index (χ0v) is 24.5. The third kappa shape index (κ3) is 3.86. The van der Waals surface area contributed by atoms with Gasteiger partial charge in [0, 0.05) is 5.92 Å². The van der Waals surface area contributed by atoms with E-state index in [1.807, 2.05) is 6.08 Å². The summed E-state index contributed by atoms with van der Waals surface area (Å²) in [7, 11) is 0. The Morgan fingerprint density at radius 2 is 1.59 bits per heavy atom. The molecule has 222 valence electrons. The third-order valence-corrected chi connectivity index (χ3v) is 10.3. The largest absolute Gasteiger partial charge is 0.508 e. The second kappa shape index (κ2) is 9.99. The highest BCUT2D eigenvalue weighted by Crippen LogP contribution is 2.63. The number of carbonyl (C=O) groups excluding carboxylic acids is 4. The Balaban J connectivity index is 1.34. The van der Waals surface area contributed by atoms with Crippen LogP contribution in [0.4, 0.5) is 15.8 Å². The molecule has 1 N–H and O–H groups in total. The molecule has 2 aliphatic carbocycles. The van der Waals surface area contributed by atoms with Crippen molar-refractivity contribution in [3.63, 3.8) is 0 Å². The summed E-state index contributed by atoms with van der Waals surface area (Å²) in [6.07, 6.45) is 4.15. The molecule has 0 spiro atoms. The number of amides is 4. The molecule has 3 aromatic carbocycles. The van der Waals surface area contributed by atoms with Crippen LogP contribution in [-0.2, 0) is 19.2 Å². The molecule has 7 nitrogen and oxygen atoms in total. The predicted octanol–water partition coefficient (Wildman–Crippen LogP) is 6.26. The molecule has 6 unspecified atom stereocenters. The summed E-state index contributed by atoms with van der Waals surface area (Å²) >= 11 is 6.05. The first-order chi connectivity index (χ1) is 21.1. The fraction of sp³-hybridized carbons (Fsp3) is 0.257. The molecule has 7 rings (SSSR count). The van der Waals surface area contributed by atoms with Gasteiger partial charge >= 0.3 is 0 Å². The zero-order valence-electron chi connectivity index (χ0n) is 23.7. The summed E-state index contributed by atoms with van der Waals surface area (Å²) in [5.41, 5.74) is 1.79. The number of phenols is 1. The first-order valence-corrected chi connectivity index (χ1v) is 14.9. The van der Waals surface area contributed by atoms with E-state index in [2.05, 4.69) is 6.58 Å². The van der Waals surface area contributed by atoms with Crippen LogP contribution < -0.4 is 9.80 Å². The van der Waals surface area contributed by atoms with Crippen LogP contribution in [0.2, 0.25) is 5.02 Å². The number of imide groups is 2. The van der Waals surface area contributed by atoms with Gasteiger partial charge in [0.1, 0.15) is 11.6 Å². The number of carbonyl (C=O) groups is 4. The highest BCUT2D eigenvalue weighted by atomic mass is 35.5. The first-order valence-electron chi connectivity index (χ1n) is 14.5. The van der Waals surface area contributed by atoms with Crippen molar-refractivity contribution in [2.24, 2.45) is 29.1 Å². The van der Waals surface area contributed by atoms with E-state index >= 15 is 0 Å². The molecule has 4 aliphatic rings. The van der Waals surface area contributed by atoms with Gasteiger partial charge in [0.2, 0.25) is 23.6 Å². The maximum absolute atomic E-state index is 14.4. The van der Waals surface area contributed by atoms with Gasteiger partial charge < -0.3 is 5.11 Å². The summed E-state index contributed by atoms with van der Waals surface area (Å²) < 4.78 is 14.0. The van der Waals surface area contributed by atoms with Crippen molar-refractivity contribution in [2.75, 3.05) is 9.80 Å². The monoisotopic (exact) mass is 610 g/mol. The minimum absolute atomic E-state index is 0.0478. The summed E-state index contributed by atoms with van der Waals surface area (Å²) in [5.74, 6) is -5.37. The zero-order chi connectivity index (χ0) is 31.1. The van der Waals surface area contributed by atoms with E-state index in [4.69, 9.17) is 11.6 Å². The highest BCUT2D eigenvalue weighted by molar-refractivity contribution is 6.32. The molecule has 6 atom stereocenters. The van der Waals surface area contributed by atoms with Crippen LogP contribution in [0.5, 0.6) is 5.75 Å². The lowest BCUT2D eigenvalue weighted by molar-refractivity contribution is -0.131. The van der Waals surface area contributed by atoms with Crippen molar-refractivity contribution in [3.8, 4) is 5.75 Å². The quantitative estimate of drug-likeness (QED) is 0.278. The minimum Gasteiger partial charge on any atom is -0.508 e. The van der Waals surface area contributed by atoms with Gasteiger partial charge in [-0.15, -0.1) is 0 Å². The van der Waals surface area contributed by atoms with Crippen LogP contribution in [0.15, 0.2) is 85.0 Å². The van der Waals surface area contributed by atoms with E-state index in [0.717, 1.165) is 22.1 Å². The minimum atomic E-state index is -1.25. The number of hydrogen-bond acceptors (Lipinski definition) is 5. The lowest BCUT2D eigenvalue weighted by atomic mass is 9.51. The van der Waals surface area contributed by atoms with E-state index < -0.39 is 52.6 Å². The van der Waals surface area contributed by atoms with Gasteiger partial charge in [0.05, 0.1) is 39.6 Å². The molecule has 0 radical (unpaired) electrons. The molecular formula is C35H28ClFN2O5. The normalized spacial score (nSPS) is 29.3. The second-order valence-corrected chi connectivity index (χ2v) is 12.6. The Hall–Kier alpha value is -4.56. The molecule has 4 amide bonds. The van der Waals surface area contributed by atoms with Gasteiger partial charge in [-0.1, -0.05) is 60.2 Å². The average molecular weight is 611 g/mol. The third-order valence-electron chi connectivity index (χ3n) is 10.0. The molecule has 2 aliphatic heterocycles. The number of fused-ring (bicyclic) bond motifs is 4. The van der Waals surface area contributed by atoms with E-state index in [0.29, 0.717) is 17.7 Å². The highest BCUT2D eigenvalue weighted by Gasteiger charge is 2.67. The topological polar surface area (TPSA) is 95.0 Å². The number of phenolic OH excluding ortho intramolecular Hbond substituents is 1. The second-order valence-electron chi connectivity index (χ2n) is 12.2. The molecule has 44 heavy (non-hydrogen) atoms. The van der Waals surface area contributed by atoms with Gasteiger partial charge in [-0.3, -0.25) is 24.1 Å². The van der Waals surface area contributed by atoms with Gasteiger partial charge in [0.25, 0.3) is 0 Å². The Kier molecular flexibility index (Phi) is 6.41. The fourth-order valence-electron chi connectivity index (χ4n) is 7.95. The van der Waals surface area contributed by atoms with Crippen molar-refractivity contribution < 1.29 is 28.7 Å². The van der Waals surface area contributed by atoms with Gasteiger partial charge in [-0.25, -0.2) is 9.29 Å². The summed E-state index contributed by atoms with van der Waals surface area (Å²) in [5, 5.41) is 9.84. The predicted molar refractivity (Wildman–Crippen MR) is 163 cm³/mol. The fourth-order valence-corrected chi connectivity index (χ4v) is 8.12. The van der Waals surface area contributed by atoms with Crippen molar-refractivity contribution >= 4 is 52.7 Å². The molecule has 3 aromatic rings. The lowest BCUT2D eigenvalue weighted by Gasteiger charge is -2.49. The summed E-state index contributed by atoms with van der Waals surface area (Å²) in [6, 6.07) is 17.3. The molecule has 3 fully saturated rings. The number of hydrogen-bond donors (Lipinski definition) is 1. The molecule has 1 saturated carbocycles. The molecule has 2 saturated heterocycles. The van der Waals surface area contributed by atoms with Crippen molar-refractivity contribution in [1.82, 2.24) is 0 Å². The Morgan fingerprint density at radius 1 is 0.909 bits per heavy atom. The van der Waals surface area contributed by atoms with Crippen molar-refractivity contribution in [3.05, 3.63) is 107 Å². The van der Waals surface area contributed by atoms with Crippen LogP contribution in [0.25, 0.3) is 6.08 Å². The molecule has 2 heterocycles. The Bertz CT molecular complexity index is 1800. The van der Waals surface area contributed by atoms with Crippen LogP contribution in [0, 0.1) is 34.9 Å². The van der Waals surface area contributed by atoms with Gasteiger partial charge in [-0.05, 0) is 79.3 Å². The summed E-state index contributed by atoms with van der Waals surface area (Å²) in [4.78, 5) is 58.7. The van der Waals surface area contributed by atoms with Gasteiger partial charge in [-0.2, -0.15) is 0 Å². The number of nitrogens with zero attached hydrogens (tertiary/aromatic N) is 2. The average Bonchev–Trinajstić information content (AvgIpc) is 3.39. The standard InChI is InChI=1S/C35H28ClFN2O5/c1-3-18-4-8-20(9-5-18)38-31(41)24-14-13-23-25(29(24)33(38)43)17-26-32(42)39(21-10-15-28(37)27(36)16-21)34(44)35(26,2)30(23)19-6-11-22(40)12-7-19/h3-13,15-16,24-26,29-30,40H,1,14,17H2,2H3. The molecule has 9 heteroatoms. The van der Waals surface area contributed by atoms with E-state index in [1.54, 1.807) is 49.4 Å². The summed E-state index contributed by atoms with van der Waals surface area (Å²) in [6.45, 7) is 5.52. The number of aromatic hydroxyl groups is 1. The van der Waals surface area contributed by atoms with E-state index in [9.17, 15) is 28.7 Å². The first kappa shape index (κ1) is 28.2. The van der Waals surface area contributed by atoms with Crippen LogP contribution in [0.1, 0.15) is 36.8 Å². The molecule has 0 bridgehead atoms. The lowest BCUT2D eigenvalue weighted by Crippen LogP contribution is -2.48. The SMILES string of the molecule is C=Cc1ccc(N2C(=O)C3CC=C4C(CC5C(=O)N(c6ccc(F)c(Cl)c6)C(=O)C5(C)C4c4ccc(O)cc4)C3C2=O)cc1. The van der Waals surface area contributed by atoms with Crippen LogP contribution in [-0.4, -0.2) is 28.7 Å². The van der Waals surface area contributed by atoms with Crippen LogP contribution >= 0.6 is 11.6 Å². The van der Waals surface area contributed by atoms with E-state index in [-0.39, 0.29) is 34.7 Å². The smallest absolute Gasteiger partial charge is 0.241 e. The maximum atomic E-state index is 14.4. The number of rotatable bonds is 4. The number of allylic oxidation sites excluding steroid dienone is 2. The van der Waals surface area contributed by atoms with Crippen LogP contribution in [0.3, 0.4) is 0 Å². The van der Waals surface area contributed by atoms with E-state index in [1.165, 1.54) is 29.2 Å². The number of halogens is 2. The van der Waals surface area contributed by atoms with Gasteiger partial charge in [0.15, 0.2) is 0 Å². The maximum Gasteiger partial charge on any atom is 0.241 e. The van der Waals surface area contributed by atoms with Crippen molar-refractivity contribution in [2.45, 2.75) is 25.7 Å². The number of benzene rings is 3. The Labute approximate surface area is 258 Å². The molecule has 0 aromatic heterocycles. The molecular weight excluding hydrogens is 583 g/mol.